The third-order valence-electron chi connectivity index (χ3n) is 2.84. The predicted molar refractivity (Wildman–Crippen MR) is 63.0 cm³/mol. The van der Waals surface area contributed by atoms with Crippen molar-refractivity contribution in [2.75, 3.05) is 19.6 Å². The van der Waals surface area contributed by atoms with Gasteiger partial charge < -0.3 is 20.3 Å². The summed E-state index contributed by atoms with van der Waals surface area (Å²) in [5.74, 6) is -1.87. The Morgan fingerprint density at radius 3 is 2.74 bits per heavy atom. The predicted octanol–water partition coefficient (Wildman–Crippen LogP) is -2.44. The number of carbonyl (C=O) groups is 2. The smallest absolute Gasteiger partial charge is 0.327 e. The summed E-state index contributed by atoms with van der Waals surface area (Å²) < 4.78 is 0. The molecule has 1 aliphatic rings. The van der Waals surface area contributed by atoms with Gasteiger partial charge in [0.2, 0.25) is 0 Å². The van der Waals surface area contributed by atoms with E-state index < -0.39 is 29.2 Å². The Bertz CT molecular complexity index is 619. The van der Waals surface area contributed by atoms with Crippen LogP contribution in [0.2, 0.25) is 0 Å². The number of carboxylic acids is 1. The van der Waals surface area contributed by atoms with Gasteiger partial charge in [0.05, 0.1) is 0 Å². The number of rotatable bonds is 2. The second-order valence-electron chi connectivity index (χ2n) is 4.04. The maximum atomic E-state index is 12.1. The summed E-state index contributed by atoms with van der Waals surface area (Å²) in [6.07, 6.45) is 0.991. The number of aliphatic carboxylic acids is 1. The van der Waals surface area contributed by atoms with Crippen molar-refractivity contribution < 1.29 is 14.7 Å². The minimum absolute atomic E-state index is 0.113. The molecule has 0 aliphatic carbocycles. The van der Waals surface area contributed by atoms with E-state index in [1.807, 2.05) is 4.98 Å². The first-order valence-electron chi connectivity index (χ1n) is 5.57. The summed E-state index contributed by atoms with van der Waals surface area (Å²) in [6.45, 7) is 0.730. The van der Waals surface area contributed by atoms with E-state index in [-0.39, 0.29) is 18.7 Å². The van der Waals surface area contributed by atoms with E-state index in [1.54, 1.807) is 0 Å². The van der Waals surface area contributed by atoms with Gasteiger partial charge in [-0.05, 0) is 0 Å². The number of carboxylic acid groups (broad SMARTS) is 1. The zero-order valence-corrected chi connectivity index (χ0v) is 9.80. The van der Waals surface area contributed by atoms with Crippen LogP contribution in [0.5, 0.6) is 0 Å². The van der Waals surface area contributed by atoms with E-state index in [1.165, 1.54) is 0 Å². The molecule has 2 rings (SSSR count). The van der Waals surface area contributed by atoms with Crippen LogP contribution in [0.15, 0.2) is 15.8 Å². The molecule has 1 saturated heterocycles. The molecule has 1 amide bonds. The molecule has 1 aromatic heterocycles. The second-order valence-corrected chi connectivity index (χ2v) is 4.04. The minimum atomic E-state index is -1.15. The maximum Gasteiger partial charge on any atom is 0.327 e. The standard InChI is InChI=1S/C10H12N4O5/c15-7-5(3-12-10(19)13-7)8(16)14-2-1-11-4-6(14)9(17)18/h3,6,11H,1-2,4H2,(H,17,18)(H2,12,13,15,19). The lowest BCUT2D eigenvalue weighted by molar-refractivity contribution is -0.142. The Hall–Kier alpha value is -2.42. The molecule has 102 valence electrons. The van der Waals surface area contributed by atoms with E-state index in [2.05, 4.69) is 10.3 Å². The molecule has 1 aromatic rings. The van der Waals surface area contributed by atoms with Crippen LogP contribution < -0.4 is 16.6 Å². The van der Waals surface area contributed by atoms with Crippen molar-refractivity contribution in [3.05, 3.63) is 32.6 Å². The molecule has 0 spiro atoms. The fourth-order valence-electron chi connectivity index (χ4n) is 1.89. The van der Waals surface area contributed by atoms with Gasteiger partial charge in [0, 0.05) is 25.8 Å². The number of aromatic nitrogens is 2. The molecule has 0 radical (unpaired) electrons. The Morgan fingerprint density at radius 2 is 2.11 bits per heavy atom. The lowest BCUT2D eigenvalue weighted by Crippen LogP contribution is -2.57. The number of hydrogen-bond donors (Lipinski definition) is 4. The average Bonchev–Trinajstić information content (AvgIpc) is 2.38. The van der Waals surface area contributed by atoms with Crippen molar-refractivity contribution in [2.24, 2.45) is 0 Å². The molecule has 0 bridgehead atoms. The fourth-order valence-corrected chi connectivity index (χ4v) is 1.89. The van der Waals surface area contributed by atoms with E-state index in [9.17, 15) is 19.2 Å². The van der Waals surface area contributed by atoms with Crippen LogP contribution in [0.3, 0.4) is 0 Å². The van der Waals surface area contributed by atoms with Gasteiger partial charge in [0.1, 0.15) is 11.6 Å². The van der Waals surface area contributed by atoms with Crippen molar-refractivity contribution >= 4 is 11.9 Å². The first-order chi connectivity index (χ1) is 9.00. The van der Waals surface area contributed by atoms with Crippen LogP contribution in [0.4, 0.5) is 0 Å². The molecular formula is C10H12N4O5. The topological polar surface area (TPSA) is 135 Å². The van der Waals surface area contributed by atoms with Crippen LogP contribution in [0, 0.1) is 0 Å². The molecule has 9 nitrogen and oxygen atoms in total. The lowest BCUT2D eigenvalue weighted by Gasteiger charge is -2.33. The quantitative estimate of drug-likeness (QED) is 0.470. The van der Waals surface area contributed by atoms with E-state index >= 15 is 0 Å². The van der Waals surface area contributed by atoms with Crippen LogP contribution in [0.25, 0.3) is 0 Å². The van der Waals surface area contributed by atoms with Crippen LogP contribution >= 0.6 is 0 Å². The summed E-state index contributed by atoms with van der Waals surface area (Å²) in [4.78, 5) is 50.8. The summed E-state index contributed by atoms with van der Waals surface area (Å²) >= 11 is 0. The number of piperazine rings is 1. The molecule has 0 aromatic carbocycles. The van der Waals surface area contributed by atoms with Crippen molar-refractivity contribution in [1.82, 2.24) is 20.2 Å². The zero-order chi connectivity index (χ0) is 14.0. The Labute approximate surface area is 106 Å². The number of nitrogens with zero attached hydrogens (tertiary/aromatic N) is 1. The second kappa shape index (κ2) is 5.06. The van der Waals surface area contributed by atoms with Crippen molar-refractivity contribution in [3.63, 3.8) is 0 Å². The van der Waals surface area contributed by atoms with Gasteiger partial charge in [0.25, 0.3) is 11.5 Å². The minimum Gasteiger partial charge on any atom is -0.480 e. The molecule has 1 aliphatic heterocycles. The molecule has 2 heterocycles. The average molecular weight is 268 g/mol. The SMILES string of the molecule is O=C(O)C1CNCCN1C(=O)c1c[nH]c(=O)[nH]c1=O. The molecular weight excluding hydrogens is 256 g/mol. The van der Waals surface area contributed by atoms with Gasteiger partial charge in [-0.25, -0.2) is 9.59 Å². The summed E-state index contributed by atoms with van der Waals surface area (Å²) in [5, 5.41) is 11.9. The first kappa shape index (κ1) is 13.0. The van der Waals surface area contributed by atoms with Gasteiger partial charge in [-0.3, -0.25) is 14.6 Å². The number of H-pyrrole nitrogens is 2. The monoisotopic (exact) mass is 268 g/mol. The highest BCUT2D eigenvalue weighted by molar-refractivity contribution is 5.96. The number of carbonyl (C=O) groups excluding carboxylic acids is 1. The van der Waals surface area contributed by atoms with E-state index in [4.69, 9.17) is 5.11 Å². The largest absolute Gasteiger partial charge is 0.480 e. The maximum absolute atomic E-state index is 12.1. The highest BCUT2D eigenvalue weighted by Crippen LogP contribution is 2.07. The number of aromatic amines is 2. The van der Waals surface area contributed by atoms with Gasteiger partial charge >= 0.3 is 11.7 Å². The van der Waals surface area contributed by atoms with Gasteiger partial charge in [-0.1, -0.05) is 0 Å². The number of hydrogen-bond acceptors (Lipinski definition) is 5. The summed E-state index contributed by atoms with van der Waals surface area (Å²) in [5.41, 5.74) is -1.85. The summed E-state index contributed by atoms with van der Waals surface area (Å²) in [6, 6.07) is -1.03. The van der Waals surface area contributed by atoms with Gasteiger partial charge in [0.15, 0.2) is 0 Å². The van der Waals surface area contributed by atoms with Gasteiger partial charge in [-0.15, -0.1) is 0 Å². The third-order valence-corrected chi connectivity index (χ3v) is 2.84. The molecule has 9 heteroatoms. The highest BCUT2D eigenvalue weighted by atomic mass is 16.4. The normalized spacial score (nSPS) is 19.2. The first-order valence-corrected chi connectivity index (χ1v) is 5.57. The van der Waals surface area contributed by atoms with E-state index in [0.717, 1.165) is 11.1 Å². The molecule has 19 heavy (non-hydrogen) atoms. The van der Waals surface area contributed by atoms with Crippen molar-refractivity contribution in [1.29, 1.82) is 0 Å². The van der Waals surface area contributed by atoms with Crippen molar-refractivity contribution in [2.45, 2.75) is 6.04 Å². The number of nitrogens with one attached hydrogen (secondary N) is 3. The van der Waals surface area contributed by atoms with Crippen molar-refractivity contribution in [3.8, 4) is 0 Å². The van der Waals surface area contributed by atoms with Crippen LogP contribution in [-0.4, -0.2) is 57.5 Å². The molecule has 0 saturated carbocycles. The Morgan fingerprint density at radius 1 is 1.37 bits per heavy atom. The summed E-state index contributed by atoms with van der Waals surface area (Å²) in [7, 11) is 0. The highest BCUT2D eigenvalue weighted by Gasteiger charge is 2.33. The molecule has 1 fully saturated rings. The van der Waals surface area contributed by atoms with Gasteiger partial charge in [-0.2, -0.15) is 0 Å². The van der Waals surface area contributed by atoms with Crippen LogP contribution in [0.1, 0.15) is 10.4 Å². The molecule has 1 unspecified atom stereocenters. The Kier molecular flexibility index (Phi) is 3.47. The fraction of sp³-hybridized carbons (Fsp3) is 0.400. The van der Waals surface area contributed by atoms with E-state index in [0.29, 0.717) is 6.54 Å². The molecule has 1 atom stereocenters. The zero-order valence-electron chi connectivity index (χ0n) is 9.80. The van der Waals surface area contributed by atoms with Crippen LogP contribution in [-0.2, 0) is 4.79 Å². The lowest BCUT2D eigenvalue weighted by atomic mass is 10.1. The molecule has 4 N–H and O–H groups in total. The Balaban J connectivity index is 2.34. The number of amides is 1. The third kappa shape index (κ3) is 2.55.